The summed E-state index contributed by atoms with van der Waals surface area (Å²) in [6.07, 6.45) is 1.74. The molecule has 1 aliphatic rings. The lowest BCUT2D eigenvalue weighted by Gasteiger charge is -2.32. The molecule has 0 bridgehead atoms. The molecule has 3 rings (SSSR count). The standard InChI is InChI=1S/C18H21FN4O/c1-12-10-13(2)21-18(20-12)23-9-3-4-14(11-23)17(24)22-16-7-5-15(19)6-8-16/h5-8,10,14H,3-4,9,11H2,1-2H3,(H,22,24)/t14-/m0/s1. The number of halogens is 1. The van der Waals surface area contributed by atoms with Crippen molar-refractivity contribution in [2.45, 2.75) is 26.7 Å². The summed E-state index contributed by atoms with van der Waals surface area (Å²) in [5.41, 5.74) is 2.46. The average molecular weight is 328 g/mol. The van der Waals surface area contributed by atoms with Crippen molar-refractivity contribution in [3.63, 3.8) is 0 Å². The summed E-state index contributed by atoms with van der Waals surface area (Å²) in [7, 11) is 0. The van der Waals surface area contributed by atoms with Crippen LogP contribution >= 0.6 is 0 Å². The maximum atomic E-state index is 12.9. The Balaban J connectivity index is 1.68. The lowest BCUT2D eigenvalue weighted by molar-refractivity contribution is -0.120. The minimum atomic E-state index is -0.316. The molecule has 1 aromatic carbocycles. The van der Waals surface area contributed by atoms with Crippen LogP contribution in [0.2, 0.25) is 0 Å². The molecule has 0 aliphatic carbocycles. The molecule has 5 nitrogen and oxygen atoms in total. The van der Waals surface area contributed by atoms with E-state index in [1.165, 1.54) is 12.1 Å². The fourth-order valence-corrected chi connectivity index (χ4v) is 3.00. The van der Waals surface area contributed by atoms with E-state index >= 15 is 0 Å². The van der Waals surface area contributed by atoms with Crippen molar-refractivity contribution in [2.24, 2.45) is 5.92 Å². The molecule has 1 fully saturated rings. The second-order valence-corrected chi connectivity index (χ2v) is 6.23. The van der Waals surface area contributed by atoms with E-state index in [0.717, 1.165) is 30.8 Å². The first-order chi connectivity index (χ1) is 11.5. The van der Waals surface area contributed by atoms with Gasteiger partial charge in [0.15, 0.2) is 0 Å². The lowest BCUT2D eigenvalue weighted by Crippen LogP contribution is -2.41. The van der Waals surface area contributed by atoms with Crippen molar-refractivity contribution in [1.82, 2.24) is 9.97 Å². The predicted octanol–water partition coefficient (Wildman–Crippen LogP) is 3.09. The predicted molar refractivity (Wildman–Crippen MR) is 91.5 cm³/mol. The highest BCUT2D eigenvalue weighted by molar-refractivity contribution is 5.93. The van der Waals surface area contributed by atoms with Crippen LogP contribution in [0.25, 0.3) is 0 Å². The molecule has 6 heteroatoms. The number of piperidine rings is 1. The van der Waals surface area contributed by atoms with E-state index in [4.69, 9.17) is 0 Å². The van der Waals surface area contributed by atoms with E-state index < -0.39 is 0 Å². The SMILES string of the molecule is Cc1cc(C)nc(N2CCC[C@H](C(=O)Nc3ccc(F)cc3)C2)n1. The Labute approximate surface area is 140 Å². The van der Waals surface area contributed by atoms with Crippen LogP contribution < -0.4 is 10.2 Å². The highest BCUT2D eigenvalue weighted by atomic mass is 19.1. The lowest BCUT2D eigenvalue weighted by atomic mass is 9.97. The minimum Gasteiger partial charge on any atom is -0.340 e. The monoisotopic (exact) mass is 328 g/mol. The molecule has 0 unspecified atom stereocenters. The zero-order chi connectivity index (χ0) is 17.1. The number of carbonyl (C=O) groups excluding carboxylic acids is 1. The van der Waals surface area contributed by atoms with Crippen LogP contribution in [-0.4, -0.2) is 29.0 Å². The van der Waals surface area contributed by atoms with Crippen LogP contribution in [0, 0.1) is 25.6 Å². The molecule has 1 saturated heterocycles. The average Bonchev–Trinajstić information content (AvgIpc) is 2.56. The highest BCUT2D eigenvalue weighted by Gasteiger charge is 2.27. The largest absolute Gasteiger partial charge is 0.340 e. The number of nitrogens with one attached hydrogen (secondary N) is 1. The van der Waals surface area contributed by atoms with Crippen molar-refractivity contribution in [3.05, 3.63) is 47.5 Å². The Morgan fingerprint density at radius 1 is 1.21 bits per heavy atom. The number of benzene rings is 1. The van der Waals surface area contributed by atoms with E-state index in [1.54, 1.807) is 12.1 Å². The highest BCUT2D eigenvalue weighted by Crippen LogP contribution is 2.22. The first-order valence-electron chi connectivity index (χ1n) is 8.15. The summed E-state index contributed by atoms with van der Waals surface area (Å²) in [4.78, 5) is 23.5. The van der Waals surface area contributed by atoms with Crippen LogP contribution in [0.3, 0.4) is 0 Å². The number of carbonyl (C=O) groups is 1. The zero-order valence-corrected chi connectivity index (χ0v) is 13.9. The molecule has 1 aliphatic heterocycles. The Hall–Kier alpha value is -2.50. The van der Waals surface area contributed by atoms with Gasteiger partial charge in [-0.2, -0.15) is 0 Å². The number of hydrogen-bond donors (Lipinski definition) is 1. The van der Waals surface area contributed by atoms with Gasteiger partial charge in [-0.25, -0.2) is 14.4 Å². The molecule has 126 valence electrons. The molecule has 24 heavy (non-hydrogen) atoms. The Bertz CT molecular complexity index is 712. The van der Waals surface area contributed by atoms with Crippen LogP contribution in [0.1, 0.15) is 24.2 Å². The number of aromatic nitrogens is 2. The van der Waals surface area contributed by atoms with Gasteiger partial charge in [0.2, 0.25) is 11.9 Å². The van der Waals surface area contributed by atoms with Crippen molar-refractivity contribution in [1.29, 1.82) is 0 Å². The number of rotatable bonds is 3. The second kappa shape index (κ2) is 6.95. The first kappa shape index (κ1) is 16.4. The molecule has 1 aromatic heterocycles. The fraction of sp³-hybridized carbons (Fsp3) is 0.389. The van der Waals surface area contributed by atoms with E-state index in [2.05, 4.69) is 20.2 Å². The van der Waals surface area contributed by atoms with Crippen LogP contribution in [-0.2, 0) is 4.79 Å². The van der Waals surface area contributed by atoms with Crippen LogP contribution in [0.4, 0.5) is 16.0 Å². The number of anilines is 2. The molecular formula is C18H21FN4O. The Morgan fingerprint density at radius 2 is 1.88 bits per heavy atom. The van der Waals surface area contributed by atoms with Gasteiger partial charge in [-0.3, -0.25) is 4.79 Å². The maximum Gasteiger partial charge on any atom is 0.229 e. The van der Waals surface area contributed by atoms with Gasteiger partial charge in [0.05, 0.1) is 5.92 Å². The number of aryl methyl sites for hydroxylation is 2. The van der Waals surface area contributed by atoms with Crippen LogP contribution in [0.15, 0.2) is 30.3 Å². The summed E-state index contributed by atoms with van der Waals surface area (Å²) < 4.78 is 12.9. The van der Waals surface area contributed by atoms with E-state index in [1.807, 2.05) is 19.9 Å². The van der Waals surface area contributed by atoms with Crippen molar-refractivity contribution < 1.29 is 9.18 Å². The van der Waals surface area contributed by atoms with Gasteiger partial charge < -0.3 is 10.2 Å². The first-order valence-corrected chi connectivity index (χ1v) is 8.15. The zero-order valence-electron chi connectivity index (χ0n) is 13.9. The summed E-state index contributed by atoms with van der Waals surface area (Å²) >= 11 is 0. The number of nitrogens with zero attached hydrogens (tertiary/aromatic N) is 3. The smallest absolute Gasteiger partial charge is 0.229 e. The molecule has 1 atom stereocenters. The third-order valence-corrected chi connectivity index (χ3v) is 4.16. The van der Waals surface area contributed by atoms with Gasteiger partial charge in [0, 0.05) is 30.2 Å². The van der Waals surface area contributed by atoms with E-state index in [9.17, 15) is 9.18 Å². The van der Waals surface area contributed by atoms with Crippen molar-refractivity contribution in [3.8, 4) is 0 Å². The van der Waals surface area contributed by atoms with Gasteiger partial charge in [0.1, 0.15) is 5.82 Å². The summed E-state index contributed by atoms with van der Waals surface area (Å²) in [6.45, 7) is 5.33. The van der Waals surface area contributed by atoms with Crippen molar-refractivity contribution in [2.75, 3.05) is 23.3 Å². The number of hydrogen-bond acceptors (Lipinski definition) is 4. The fourth-order valence-electron chi connectivity index (χ4n) is 3.00. The Kier molecular flexibility index (Phi) is 4.74. The molecule has 0 spiro atoms. The van der Waals surface area contributed by atoms with E-state index in [-0.39, 0.29) is 17.6 Å². The summed E-state index contributed by atoms with van der Waals surface area (Å²) in [6, 6.07) is 7.76. The molecule has 1 N–H and O–H groups in total. The third kappa shape index (κ3) is 3.88. The molecular weight excluding hydrogens is 307 g/mol. The molecule has 0 radical (unpaired) electrons. The minimum absolute atomic E-state index is 0.0457. The molecule has 0 saturated carbocycles. The molecule has 2 aromatic rings. The van der Waals surface area contributed by atoms with E-state index in [0.29, 0.717) is 18.2 Å². The molecule has 1 amide bonds. The third-order valence-electron chi connectivity index (χ3n) is 4.16. The number of amides is 1. The summed E-state index contributed by atoms with van der Waals surface area (Å²) in [5.74, 6) is 0.194. The van der Waals surface area contributed by atoms with Gasteiger partial charge in [-0.05, 0) is 57.0 Å². The maximum absolute atomic E-state index is 12.9. The normalized spacial score (nSPS) is 17.6. The van der Waals surface area contributed by atoms with Gasteiger partial charge in [-0.15, -0.1) is 0 Å². The molecule has 2 heterocycles. The second-order valence-electron chi connectivity index (χ2n) is 6.23. The quantitative estimate of drug-likeness (QED) is 0.941. The Morgan fingerprint density at radius 3 is 2.54 bits per heavy atom. The van der Waals surface area contributed by atoms with Gasteiger partial charge >= 0.3 is 0 Å². The van der Waals surface area contributed by atoms with Crippen molar-refractivity contribution >= 4 is 17.5 Å². The topological polar surface area (TPSA) is 58.1 Å². The van der Waals surface area contributed by atoms with Crippen LogP contribution in [0.5, 0.6) is 0 Å². The van der Waals surface area contributed by atoms with Gasteiger partial charge in [0.25, 0.3) is 0 Å². The summed E-state index contributed by atoms with van der Waals surface area (Å²) in [5, 5.41) is 2.86. The van der Waals surface area contributed by atoms with Gasteiger partial charge in [-0.1, -0.05) is 0 Å².